The molecule has 0 bridgehead atoms. The number of fused-ring (bicyclic) bond motifs is 1. The number of rotatable bonds is 3. The number of esters is 1. The fourth-order valence-electron chi connectivity index (χ4n) is 2.22. The van der Waals surface area contributed by atoms with Gasteiger partial charge in [-0.1, -0.05) is 32.0 Å². The van der Waals surface area contributed by atoms with Crippen molar-refractivity contribution in [3.63, 3.8) is 0 Å². The summed E-state index contributed by atoms with van der Waals surface area (Å²) in [5.41, 5.74) is 2.83. The molecule has 2 rings (SSSR count). The molecule has 19 heavy (non-hydrogen) atoms. The zero-order chi connectivity index (χ0) is 13.8. The quantitative estimate of drug-likeness (QED) is 0.780. The van der Waals surface area contributed by atoms with Crippen molar-refractivity contribution in [2.24, 2.45) is 0 Å². The summed E-state index contributed by atoms with van der Waals surface area (Å²) in [6.45, 7) is 7.01. The second-order valence-corrected chi connectivity index (χ2v) is 4.91. The average Bonchev–Trinajstić information content (AvgIpc) is 2.60. The van der Waals surface area contributed by atoms with Gasteiger partial charge < -0.3 is 9.47 Å². The topological polar surface area (TPSA) is 35.5 Å². The Morgan fingerprint density at radius 1 is 1.42 bits per heavy atom. The van der Waals surface area contributed by atoms with Gasteiger partial charge in [-0.25, -0.2) is 4.79 Å². The number of hydrogen-bond acceptors (Lipinski definition) is 3. The normalized spacial score (nSPS) is 14.2. The standard InChI is InChI=1S/C16H20O3/c1-4-18-16(17)13-8-9-19-15-12(10-13)6-5-7-14(15)11(2)3/h5-7,10-11H,4,8-9H2,1-3H3. The van der Waals surface area contributed by atoms with E-state index in [0.29, 0.717) is 31.1 Å². The van der Waals surface area contributed by atoms with Crippen LogP contribution >= 0.6 is 0 Å². The molecule has 0 N–H and O–H groups in total. The van der Waals surface area contributed by atoms with Crippen molar-refractivity contribution in [2.75, 3.05) is 13.2 Å². The van der Waals surface area contributed by atoms with E-state index < -0.39 is 0 Å². The maximum Gasteiger partial charge on any atom is 0.334 e. The Morgan fingerprint density at radius 3 is 2.89 bits per heavy atom. The number of ether oxygens (including phenoxy) is 2. The third-order valence-corrected chi connectivity index (χ3v) is 3.18. The minimum atomic E-state index is -0.242. The molecule has 102 valence electrons. The third kappa shape index (κ3) is 2.98. The number of carbonyl (C=O) groups excluding carboxylic acids is 1. The average molecular weight is 260 g/mol. The van der Waals surface area contributed by atoms with Crippen molar-refractivity contribution >= 4 is 12.0 Å². The molecule has 0 fully saturated rings. The zero-order valence-corrected chi connectivity index (χ0v) is 11.7. The van der Waals surface area contributed by atoms with Crippen molar-refractivity contribution in [3.05, 3.63) is 34.9 Å². The molecule has 0 aromatic heterocycles. The number of benzene rings is 1. The van der Waals surface area contributed by atoms with E-state index in [4.69, 9.17) is 9.47 Å². The van der Waals surface area contributed by atoms with Crippen molar-refractivity contribution < 1.29 is 14.3 Å². The van der Waals surface area contributed by atoms with Gasteiger partial charge in [0.25, 0.3) is 0 Å². The van der Waals surface area contributed by atoms with E-state index >= 15 is 0 Å². The first-order chi connectivity index (χ1) is 9.13. The molecule has 1 aliphatic rings. The van der Waals surface area contributed by atoms with Gasteiger partial charge >= 0.3 is 5.97 Å². The lowest BCUT2D eigenvalue weighted by atomic mass is 9.98. The molecule has 1 heterocycles. The van der Waals surface area contributed by atoms with Gasteiger partial charge in [0.2, 0.25) is 0 Å². The Hall–Kier alpha value is -1.77. The third-order valence-electron chi connectivity index (χ3n) is 3.18. The molecular weight excluding hydrogens is 240 g/mol. The predicted molar refractivity (Wildman–Crippen MR) is 75.3 cm³/mol. The van der Waals surface area contributed by atoms with Gasteiger partial charge in [-0.3, -0.25) is 0 Å². The molecule has 1 aromatic carbocycles. The molecule has 0 radical (unpaired) electrons. The van der Waals surface area contributed by atoms with Crippen LogP contribution in [0.2, 0.25) is 0 Å². The summed E-state index contributed by atoms with van der Waals surface area (Å²) < 4.78 is 10.9. The SMILES string of the molecule is CCOC(=O)C1=Cc2cccc(C(C)C)c2OCC1. The fraction of sp³-hybridized carbons (Fsp3) is 0.438. The molecule has 1 aromatic rings. The van der Waals surface area contributed by atoms with Gasteiger partial charge in [-0.15, -0.1) is 0 Å². The van der Waals surface area contributed by atoms with E-state index in [9.17, 15) is 4.79 Å². The Morgan fingerprint density at radius 2 is 2.21 bits per heavy atom. The monoisotopic (exact) mass is 260 g/mol. The van der Waals surface area contributed by atoms with E-state index in [-0.39, 0.29) is 5.97 Å². The molecular formula is C16H20O3. The lowest BCUT2D eigenvalue weighted by Crippen LogP contribution is -2.09. The molecule has 1 aliphatic heterocycles. The van der Waals surface area contributed by atoms with Crippen LogP contribution in [0.15, 0.2) is 23.8 Å². The van der Waals surface area contributed by atoms with E-state index in [1.54, 1.807) is 0 Å². The highest BCUT2D eigenvalue weighted by Gasteiger charge is 2.19. The van der Waals surface area contributed by atoms with Crippen LogP contribution in [0.5, 0.6) is 5.75 Å². The first kappa shape index (κ1) is 13.7. The Bertz CT molecular complexity index is 501. The van der Waals surface area contributed by atoms with Crippen LogP contribution in [0.4, 0.5) is 0 Å². The van der Waals surface area contributed by atoms with Crippen LogP contribution in [-0.2, 0) is 9.53 Å². The van der Waals surface area contributed by atoms with Crippen LogP contribution in [0.1, 0.15) is 44.2 Å². The molecule has 0 unspecified atom stereocenters. The summed E-state index contributed by atoms with van der Waals surface area (Å²) in [4.78, 5) is 11.8. The maximum absolute atomic E-state index is 11.8. The lowest BCUT2D eigenvalue weighted by Gasteiger charge is -2.14. The minimum absolute atomic E-state index is 0.242. The van der Waals surface area contributed by atoms with Crippen LogP contribution < -0.4 is 4.74 Å². The summed E-state index contributed by atoms with van der Waals surface area (Å²) in [6, 6.07) is 6.06. The van der Waals surface area contributed by atoms with E-state index in [2.05, 4.69) is 19.9 Å². The molecule has 0 saturated carbocycles. The molecule has 0 aliphatic carbocycles. The van der Waals surface area contributed by atoms with Gasteiger partial charge in [-0.2, -0.15) is 0 Å². The summed E-state index contributed by atoms with van der Waals surface area (Å²) in [5, 5.41) is 0. The Balaban J connectivity index is 2.40. The predicted octanol–water partition coefficient (Wildman–Crippen LogP) is 3.54. The largest absolute Gasteiger partial charge is 0.492 e. The lowest BCUT2D eigenvalue weighted by molar-refractivity contribution is -0.138. The molecule has 0 atom stereocenters. The van der Waals surface area contributed by atoms with Crippen molar-refractivity contribution in [3.8, 4) is 5.75 Å². The Labute approximate surface area is 114 Å². The highest BCUT2D eigenvalue weighted by molar-refractivity contribution is 5.94. The smallest absolute Gasteiger partial charge is 0.334 e. The summed E-state index contributed by atoms with van der Waals surface area (Å²) in [6.07, 6.45) is 2.48. The van der Waals surface area contributed by atoms with E-state index in [0.717, 1.165) is 11.3 Å². The van der Waals surface area contributed by atoms with Crippen LogP contribution in [0.3, 0.4) is 0 Å². The van der Waals surface area contributed by atoms with Crippen molar-refractivity contribution in [1.29, 1.82) is 0 Å². The van der Waals surface area contributed by atoms with Gasteiger partial charge in [0.05, 0.1) is 13.2 Å². The van der Waals surface area contributed by atoms with Gasteiger partial charge in [0, 0.05) is 17.6 Å². The van der Waals surface area contributed by atoms with Crippen LogP contribution in [-0.4, -0.2) is 19.2 Å². The zero-order valence-electron chi connectivity index (χ0n) is 11.7. The Kier molecular flexibility index (Phi) is 4.25. The highest BCUT2D eigenvalue weighted by Crippen LogP contribution is 2.34. The first-order valence-corrected chi connectivity index (χ1v) is 6.77. The minimum Gasteiger partial charge on any atom is -0.492 e. The van der Waals surface area contributed by atoms with Gasteiger partial charge in [0.15, 0.2) is 0 Å². The van der Waals surface area contributed by atoms with Crippen LogP contribution in [0, 0.1) is 0 Å². The van der Waals surface area contributed by atoms with Crippen LogP contribution in [0.25, 0.3) is 6.08 Å². The second kappa shape index (κ2) is 5.91. The molecule has 0 spiro atoms. The highest BCUT2D eigenvalue weighted by atomic mass is 16.5. The first-order valence-electron chi connectivity index (χ1n) is 6.77. The molecule has 3 heteroatoms. The summed E-state index contributed by atoms with van der Waals surface area (Å²) in [5.74, 6) is 1.05. The maximum atomic E-state index is 11.8. The number of carbonyl (C=O) groups is 1. The van der Waals surface area contributed by atoms with Gasteiger partial charge in [0.1, 0.15) is 5.75 Å². The van der Waals surface area contributed by atoms with Crippen molar-refractivity contribution in [1.82, 2.24) is 0 Å². The number of para-hydroxylation sites is 1. The van der Waals surface area contributed by atoms with E-state index in [1.165, 1.54) is 5.56 Å². The van der Waals surface area contributed by atoms with E-state index in [1.807, 2.05) is 25.1 Å². The summed E-state index contributed by atoms with van der Waals surface area (Å²) in [7, 11) is 0. The van der Waals surface area contributed by atoms with Gasteiger partial charge in [-0.05, 0) is 24.5 Å². The second-order valence-electron chi connectivity index (χ2n) is 4.91. The fourth-order valence-corrected chi connectivity index (χ4v) is 2.22. The van der Waals surface area contributed by atoms with Crippen molar-refractivity contribution in [2.45, 2.75) is 33.1 Å². The summed E-state index contributed by atoms with van der Waals surface area (Å²) >= 11 is 0. The number of hydrogen-bond donors (Lipinski definition) is 0. The molecule has 3 nitrogen and oxygen atoms in total. The molecule has 0 saturated heterocycles. The molecule has 0 amide bonds.